The van der Waals surface area contributed by atoms with Crippen LogP contribution in [0.25, 0.3) is 0 Å². The van der Waals surface area contributed by atoms with E-state index in [4.69, 9.17) is 18.5 Å². The fraction of sp³-hybridized carbons (Fsp3) is 0.674. The van der Waals surface area contributed by atoms with Gasteiger partial charge in [-0.1, -0.05) is 126 Å². The lowest BCUT2D eigenvalue weighted by molar-refractivity contribution is -0.870. The van der Waals surface area contributed by atoms with Gasteiger partial charge in [0.15, 0.2) is 11.9 Å². The van der Waals surface area contributed by atoms with Crippen LogP contribution in [0.2, 0.25) is 0 Å². The van der Waals surface area contributed by atoms with Gasteiger partial charge in [-0.05, 0) is 76.7 Å². The number of carbonyl (C=O) groups is 3. The van der Waals surface area contributed by atoms with Crippen molar-refractivity contribution in [1.29, 1.82) is 0 Å². The summed E-state index contributed by atoms with van der Waals surface area (Å²) in [5.41, 5.74) is 0. The summed E-state index contributed by atoms with van der Waals surface area (Å²) < 4.78 is 33.8. The molecule has 0 rings (SSSR count). The summed E-state index contributed by atoms with van der Waals surface area (Å²) in [6.45, 7) is 3.85. The minimum atomic E-state index is -4.65. The number of phosphoric ester groups is 1. The van der Waals surface area contributed by atoms with E-state index in [0.29, 0.717) is 30.3 Å². The maximum atomic E-state index is 12.7. The lowest BCUT2D eigenvalue weighted by Gasteiger charge is -2.28. The summed E-state index contributed by atoms with van der Waals surface area (Å²) in [4.78, 5) is 49.3. The molecule has 0 aromatic rings. The van der Waals surface area contributed by atoms with Crippen LogP contribution < -0.4 is 4.89 Å². The molecule has 0 saturated carbocycles. The molecule has 2 atom stereocenters. The van der Waals surface area contributed by atoms with Crippen LogP contribution in [-0.2, 0) is 37.5 Å². The van der Waals surface area contributed by atoms with Crippen LogP contribution in [0.5, 0.6) is 0 Å². The average Bonchev–Trinajstić information content (AvgIpc) is 3.15. The van der Waals surface area contributed by atoms with Crippen LogP contribution in [0.1, 0.15) is 149 Å². The van der Waals surface area contributed by atoms with Crippen LogP contribution in [0.3, 0.4) is 0 Å². The predicted octanol–water partition coefficient (Wildman–Crippen LogP) is 10.8. The molecule has 0 heterocycles. The Morgan fingerprint density at radius 3 is 1.77 bits per heavy atom. The van der Waals surface area contributed by atoms with Crippen molar-refractivity contribution >= 4 is 25.5 Å². The number of allylic oxidation sites excluding steroid dienone is 12. The van der Waals surface area contributed by atoms with Gasteiger partial charge in [-0.25, -0.2) is 0 Å². The topological polar surface area (TPSA) is 128 Å². The van der Waals surface area contributed by atoms with Crippen molar-refractivity contribution in [2.75, 3.05) is 47.5 Å². The molecular formula is C46H78NO9P. The Bertz CT molecular complexity index is 1260. The van der Waals surface area contributed by atoms with Crippen molar-refractivity contribution in [2.45, 2.75) is 155 Å². The lowest BCUT2D eigenvalue weighted by Crippen LogP contribution is -2.37. The van der Waals surface area contributed by atoms with Gasteiger partial charge in [0, 0.05) is 19.3 Å². The second-order valence-corrected chi connectivity index (χ2v) is 16.8. The molecule has 0 bridgehead atoms. The summed E-state index contributed by atoms with van der Waals surface area (Å²) in [5.74, 6) is -0.758. The van der Waals surface area contributed by atoms with Crippen molar-refractivity contribution in [1.82, 2.24) is 0 Å². The highest BCUT2D eigenvalue weighted by molar-refractivity contribution is 7.45. The Balaban J connectivity index is 4.50. The van der Waals surface area contributed by atoms with E-state index in [2.05, 4.69) is 68.5 Å². The minimum absolute atomic E-state index is 0.0541. The molecule has 0 aliphatic rings. The Kier molecular flexibility index (Phi) is 35.5. The zero-order chi connectivity index (χ0) is 42.3. The lowest BCUT2D eigenvalue weighted by atomic mass is 10.1. The van der Waals surface area contributed by atoms with E-state index in [-0.39, 0.29) is 31.8 Å². The molecule has 0 aliphatic heterocycles. The van der Waals surface area contributed by atoms with Gasteiger partial charge < -0.3 is 27.9 Å². The third-order valence-corrected chi connectivity index (χ3v) is 9.65. The number of esters is 2. The zero-order valence-electron chi connectivity index (χ0n) is 36.3. The van der Waals surface area contributed by atoms with Crippen molar-refractivity contribution in [3.8, 4) is 0 Å². The SMILES string of the molecule is CC/C=C\C/C=C\C/C=C\C/C=C\CCCCCCC(=O)O[C@H](COC(=O)CCCCCCC/C=C\C=C\C(=O)CCCCC)COP(=O)([O-])OCC[N+](C)(C)C. The Morgan fingerprint density at radius 1 is 0.614 bits per heavy atom. The van der Waals surface area contributed by atoms with E-state index in [9.17, 15) is 23.8 Å². The number of hydrogen-bond acceptors (Lipinski definition) is 9. The Morgan fingerprint density at radius 2 is 1.16 bits per heavy atom. The maximum Gasteiger partial charge on any atom is 0.306 e. The molecule has 0 N–H and O–H groups in total. The monoisotopic (exact) mass is 820 g/mol. The summed E-state index contributed by atoms with van der Waals surface area (Å²) in [7, 11) is 1.08. The Hall–Kier alpha value is -2.88. The molecular weight excluding hydrogens is 741 g/mol. The highest BCUT2D eigenvalue weighted by Crippen LogP contribution is 2.38. The first-order valence-corrected chi connectivity index (χ1v) is 23.1. The number of ketones is 1. The molecule has 0 fully saturated rings. The predicted molar refractivity (Wildman–Crippen MR) is 231 cm³/mol. The average molecular weight is 820 g/mol. The standard InChI is InChI=1S/C46H78NO9P/c1-6-8-10-11-12-13-14-15-16-17-18-19-20-23-27-30-34-38-46(50)56-44(42-55-57(51,52)54-40-39-47(3,4)5)41-53-45(49)37-33-29-26-24-21-22-25-28-32-36-43(48)35-31-9-7-2/h8,10,12-13,15-16,18-19,25,28,32,36,44H,6-7,9,11,14,17,20-24,26-27,29-31,33-35,37-42H2,1-5H3/b10-8-,13-12-,16-15-,19-18-,28-25-,36-32+/t44-/m1/s1. The van der Waals surface area contributed by atoms with Gasteiger partial charge in [0.1, 0.15) is 19.8 Å². The first kappa shape index (κ1) is 54.1. The number of unbranched alkanes of at least 4 members (excludes halogenated alkanes) is 11. The molecule has 11 heteroatoms. The molecule has 0 amide bonds. The van der Waals surface area contributed by atoms with E-state index >= 15 is 0 Å². The fourth-order valence-corrected chi connectivity index (χ4v) is 6.00. The summed E-state index contributed by atoms with van der Waals surface area (Å²) >= 11 is 0. The normalized spacial score (nSPS) is 14.2. The molecule has 0 saturated heterocycles. The van der Waals surface area contributed by atoms with E-state index in [1.54, 1.807) is 6.08 Å². The molecule has 0 spiro atoms. The molecule has 10 nitrogen and oxygen atoms in total. The highest BCUT2D eigenvalue weighted by Gasteiger charge is 2.21. The summed E-state index contributed by atoms with van der Waals surface area (Å²) in [5, 5.41) is 0. The van der Waals surface area contributed by atoms with Crippen LogP contribution in [-0.4, -0.2) is 75.8 Å². The second-order valence-electron chi connectivity index (χ2n) is 15.4. The maximum absolute atomic E-state index is 12.7. The third-order valence-electron chi connectivity index (χ3n) is 8.69. The van der Waals surface area contributed by atoms with Gasteiger partial charge in [-0.3, -0.25) is 18.9 Å². The molecule has 57 heavy (non-hydrogen) atoms. The number of likely N-dealkylation sites (N-methyl/N-ethyl adjacent to an activating group) is 1. The quantitative estimate of drug-likeness (QED) is 0.0114. The van der Waals surface area contributed by atoms with Crippen molar-refractivity contribution in [2.24, 2.45) is 0 Å². The largest absolute Gasteiger partial charge is 0.756 e. The molecule has 0 aromatic heterocycles. The molecule has 0 aromatic carbocycles. The van der Waals surface area contributed by atoms with Crippen LogP contribution >= 0.6 is 7.82 Å². The van der Waals surface area contributed by atoms with Gasteiger partial charge in [0.05, 0.1) is 27.7 Å². The first-order chi connectivity index (χ1) is 27.4. The van der Waals surface area contributed by atoms with E-state index in [1.807, 2.05) is 33.3 Å². The second kappa shape index (κ2) is 37.4. The number of nitrogens with zero attached hydrogens (tertiary/aromatic N) is 1. The van der Waals surface area contributed by atoms with E-state index in [1.165, 1.54) is 0 Å². The highest BCUT2D eigenvalue weighted by atomic mass is 31.2. The fourth-order valence-electron chi connectivity index (χ4n) is 5.27. The van der Waals surface area contributed by atoms with Crippen molar-refractivity contribution < 1.29 is 46.8 Å². The van der Waals surface area contributed by atoms with Gasteiger partial charge in [0.2, 0.25) is 0 Å². The number of ether oxygens (including phenoxy) is 2. The third kappa shape index (κ3) is 41.1. The van der Waals surface area contributed by atoms with Gasteiger partial charge in [-0.15, -0.1) is 0 Å². The van der Waals surface area contributed by atoms with E-state index < -0.39 is 32.5 Å². The molecule has 0 radical (unpaired) electrons. The van der Waals surface area contributed by atoms with Crippen LogP contribution in [0, 0.1) is 0 Å². The van der Waals surface area contributed by atoms with E-state index in [0.717, 1.165) is 103 Å². The van der Waals surface area contributed by atoms with Crippen LogP contribution in [0.15, 0.2) is 72.9 Å². The number of phosphoric acid groups is 1. The smallest absolute Gasteiger partial charge is 0.306 e. The summed E-state index contributed by atoms with van der Waals surface area (Å²) in [6.07, 6.45) is 41.9. The number of carbonyl (C=O) groups excluding carboxylic acids is 3. The molecule has 326 valence electrons. The van der Waals surface area contributed by atoms with Crippen LogP contribution in [0.4, 0.5) is 0 Å². The number of rotatable bonds is 38. The number of hydrogen-bond donors (Lipinski definition) is 0. The van der Waals surface area contributed by atoms with Gasteiger partial charge >= 0.3 is 11.9 Å². The van der Waals surface area contributed by atoms with Gasteiger partial charge in [0.25, 0.3) is 7.82 Å². The Labute approximate surface area is 346 Å². The summed E-state index contributed by atoms with van der Waals surface area (Å²) in [6, 6.07) is 0. The van der Waals surface area contributed by atoms with Crippen molar-refractivity contribution in [3.63, 3.8) is 0 Å². The minimum Gasteiger partial charge on any atom is -0.756 e. The zero-order valence-corrected chi connectivity index (χ0v) is 37.1. The molecule has 0 aliphatic carbocycles. The first-order valence-electron chi connectivity index (χ1n) is 21.6. The van der Waals surface area contributed by atoms with Gasteiger partial charge in [-0.2, -0.15) is 0 Å². The van der Waals surface area contributed by atoms with Crippen molar-refractivity contribution in [3.05, 3.63) is 72.9 Å². The molecule has 1 unspecified atom stereocenters. The number of quaternary nitrogens is 1.